The molecule has 170 valence electrons. The quantitative estimate of drug-likeness (QED) is 0.354. The zero-order valence-electron chi connectivity index (χ0n) is 15.8. The first-order chi connectivity index (χ1) is 15.1. The van der Waals surface area contributed by atoms with E-state index >= 15 is 0 Å². The fourth-order valence-electron chi connectivity index (χ4n) is 2.92. The molecule has 0 atom stereocenters. The van der Waals surface area contributed by atoms with E-state index in [4.69, 9.17) is 16.0 Å². The third kappa shape index (κ3) is 5.49. The summed E-state index contributed by atoms with van der Waals surface area (Å²) in [4.78, 5) is 0. The molecule has 2 aromatic heterocycles. The summed E-state index contributed by atoms with van der Waals surface area (Å²) >= 11 is 6.43. The lowest BCUT2D eigenvalue weighted by atomic mass is 10.0. The Morgan fingerprint density at radius 3 is 2.41 bits per heavy atom. The van der Waals surface area contributed by atoms with Gasteiger partial charge in [0.15, 0.2) is 11.3 Å². The summed E-state index contributed by atoms with van der Waals surface area (Å²) in [6, 6.07) is 8.78. The van der Waals surface area contributed by atoms with Crippen LogP contribution in [0.15, 0.2) is 40.8 Å². The molecule has 0 aliphatic heterocycles. The number of nitrogens with one attached hydrogen (secondary N) is 1. The minimum Gasteiger partial charge on any atom is -0.507 e. The maximum absolute atomic E-state index is 12.9. The molecule has 2 heterocycles. The van der Waals surface area contributed by atoms with Crippen LogP contribution in [0.4, 0.5) is 26.3 Å². The Hall–Kier alpha value is -3.28. The van der Waals surface area contributed by atoms with Crippen LogP contribution in [-0.2, 0) is 19.0 Å². The van der Waals surface area contributed by atoms with Crippen molar-refractivity contribution in [2.45, 2.75) is 25.7 Å². The average Bonchev–Trinajstić information content (AvgIpc) is 3.37. The number of phenolic OH excluding ortho intramolecular Hbond substituents is 1. The molecule has 0 saturated carbocycles. The molecular weight excluding hydrogens is 466 g/mol. The van der Waals surface area contributed by atoms with Crippen LogP contribution >= 0.6 is 11.6 Å². The van der Waals surface area contributed by atoms with Gasteiger partial charge in [0.2, 0.25) is 5.82 Å². The van der Waals surface area contributed by atoms with Crippen molar-refractivity contribution < 1.29 is 35.9 Å². The van der Waals surface area contributed by atoms with Crippen LogP contribution in [0.1, 0.15) is 16.7 Å². The number of alkyl halides is 6. The zero-order valence-corrected chi connectivity index (χ0v) is 16.6. The van der Waals surface area contributed by atoms with Gasteiger partial charge in [-0.25, -0.2) is 0 Å². The minimum atomic E-state index is -4.61. The second kappa shape index (κ2) is 9.47. The fourth-order valence-corrected chi connectivity index (χ4v) is 3.23. The van der Waals surface area contributed by atoms with Crippen LogP contribution in [0, 0.1) is 0 Å². The van der Waals surface area contributed by atoms with Crippen molar-refractivity contribution in [3.8, 4) is 17.3 Å². The Labute approximate surface area is 180 Å². The molecule has 0 fully saturated rings. The van der Waals surface area contributed by atoms with Gasteiger partial charge in [-0.15, -0.1) is 10.2 Å². The Morgan fingerprint density at radius 1 is 1.06 bits per heavy atom. The Bertz CT molecular complexity index is 1190. The predicted molar refractivity (Wildman–Crippen MR) is 102 cm³/mol. The number of furan rings is 1. The number of tetrazole rings is 1. The number of rotatable bonds is 4. The highest BCUT2D eigenvalue weighted by Crippen LogP contribution is 2.37. The molecule has 0 aliphatic rings. The van der Waals surface area contributed by atoms with Crippen molar-refractivity contribution in [3.05, 3.63) is 58.1 Å². The largest absolute Gasteiger partial charge is 0.507 e. The maximum atomic E-state index is 12.9. The summed E-state index contributed by atoms with van der Waals surface area (Å²) in [5, 5.41) is 24.1. The second-order valence-electron chi connectivity index (χ2n) is 6.40. The summed E-state index contributed by atoms with van der Waals surface area (Å²) in [6.07, 6.45) is -3.90. The van der Waals surface area contributed by atoms with E-state index in [0.717, 1.165) is 23.1 Å². The molecule has 0 bridgehead atoms. The topological polar surface area (TPSA) is 87.8 Å². The fraction of sp³-hybridized carbons (Fsp3) is 0.211. The van der Waals surface area contributed by atoms with E-state index in [1.807, 2.05) is 6.07 Å². The van der Waals surface area contributed by atoms with E-state index in [1.54, 1.807) is 12.1 Å². The van der Waals surface area contributed by atoms with Gasteiger partial charge in [0.05, 0.1) is 10.6 Å². The second-order valence-corrected chi connectivity index (χ2v) is 6.78. The molecule has 0 amide bonds. The lowest BCUT2D eigenvalue weighted by Gasteiger charge is -2.11. The number of aryl methyl sites for hydroxylation is 2. The lowest BCUT2D eigenvalue weighted by molar-refractivity contribution is -0.138. The normalized spacial score (nSPS) is 11.6. The highest BCUT2D eigenvalue weighted by molar-refractivity contribution is 6.35. The zero-order chi connectivity index (χ0) is 23.5. The third-order valence-corrected chi connectivity index (χ3v) is 4.74. The number of fused-ring (bicyclic) bond motifs is 1. The number of hydrogen-bond acceptors (Lipinski definition) is 5. The van der Waals surface area contributed by atoms with Gasteiger partial charge in [0.1, 0.15) is 5.75 Å². The highest BCUT2D eigenvalue weighted by Gasteiger charge is 2.33. The van der Waals surface area contributed by atoms with Crippen molar-refractivity contribution >= 4 is 22.6 Å². The number of nitrogens with zero attached hydrogens (tertiary/aromatic N) is 3. The average molecular weight is 479 g/mol. The van der Waals surface area contributed by atoms with Crippen molar-refractivity contribution in [1.29, 1.82) is 0 Å². The number of hydrogen-bond donors (Lipinski definition) is 2. The van der Waals surface area contributed by atoms with Gasteiger partial charge < -0.3 is 9.52 Å². The maximum Gasteiger partial charge on any atom is 0.419 e. The number of benzene rings is 2. The molecular formula is C19H13ClF6N4O2. The van der Waals surface area contributed by atoms with Crippen molar-refractivity contribution in [2.24, 2.45) is 0 Å². The van der Waals surface area contributed by atoms with E-state index in [1.165, 1.54) is 6.07 Å². The monoisotopic (exact) mass is 478 g/mol. The van der Waals surface area contributed by atoms with E-state index in [0.29, 0.717) is 34.8 Å². The SMILES string of the molecule is FC(F)F.Oc1ccc(CCc2ccc3cc(-c4nn[nH]n4)oc3c2Cl)cc1C(F)(F)F. The summed E-state index contributed by atoms with van der Waals surface area (Å²) in [5.74, 6) is -0.103. The highest BCUT2D eigenvalue weighted by atomic mass is 35.5. The minimum absolute atomic E-state index is 0.289. The number of aromatic nitrogens is 4. The number of aromatic hydroxyl groups is 1. The number of phenols is 1. The van der Waals surface area contributed by atoms with Gasteiger partial charge in [0.25, 0.3) is 0 Å². The number of halogens is 7. The van der Waals surface area contributed by atoms with Gasteiger partial charge in [-0.3, -0.25) is 0 Å². The van der Waals surface area contributed by atoms with Crippen LogP contribution in [0.2, 0.25) is 5.02 Å². The van der Waals surface area contributed by atoms with Crippen LogP contribution in [-0.4, -0.2) is 32.4 Å². The molecule has 13 heteroatoms. The van der Waals surface area contributed by atoms with Gasteiger partial charge in [0, 0.05) is 5.39 Å². The van der Waals surface area contributed by atoms with Crippen molar-refractivity contribution in [2.75, 3.05) is 0 Å². The van der Waals surface area contributed by atoms with E-state index in [2.05, 4.69) is 20.6 Å². The summed E-state index contributed by atoms with van der Waals surface area (Å²) in [5.41, 5.74) is 0.557. The summed E-state index contributed by atoms with van der Waals surface area (Å²) in [7, 11) is 0. The molecule has 4 rings (SSSR count). The molecule has 0 aliphatic carbocycles. The van der Waals surface area contributed by atoms with E-state index < -0.39 is 24.2 Å². The molecule has 6 nitrogen and oxygen atoms in total. The van der Waals surface area contributed by atoms with E-state index in [9.17, 15) is 31.4 Å². The van der Waals surface area contributed by atoms with Crippen LogP contribution < -0.4 is 0 Å². The van der Waals surface area contributed by atoms with Gasteiger partial charge in [-0.05, 0) is 47.4 Å². The first-order valence-corrected chi connectivity index (χ1v) is 9.20. The number of H-pyrrole nitrogens is 1. The van der Waals surface area contributed by atoms with Crippen LogP contribution in [0.5, 0.6) is 5.75 Å². The molecule has 0 radical (unpaired) electrons. The smallest absolute Gasteiger partial charge is 0.419 e. The summed E-state index contributed by atoms with van der Waals surface area (Å²) in [6.45, 7) is -3.67. The van der Waals surface area contributed by atoms with Gasteiger partial charge in [-0.1, -0.05) is 29.8 Å². The first kappa shape index (κ1) is 23.4. The third-order valence-electron chi connectivity index (χ3n) is 4.32. The standard InChI is InChI=1S/C18H12ClF3N4O2.CHF3/c19-15-10(3-1-9-2-6-13(27)12(7-9)18(20,21)22)4-5-11-8-14(28-16(11)15)17-23-25-26-24-17;2-1(3)4/h2,4-8,27H,1,3H2,(H,23,24,25,26);1H. The molecule has 4 aromatic rings. The molecule has 2 N–H and O–H groups in total. The molecule has 2 aromatic carbocycles. The molecule has 32 heavy (non-hydrogen) atoms. The van der Waals surface area contributed by atoms with Gasteiger partial charge >= 0.3 is 12.9 Å². The lowest BCUT2D eigenvalue weighted by Crippen LogP contribution is -2.06. The Kier molecular flexibility index (Phi) is 6.92. The molecule has 0 saturated heterocycles. The van der Waals surface area contributed by atoms with Crippen molar-refractivity contribution in [3.63, 3.8) is 0 Å². The Morgan fingerprint density at radius 2 is 1.78 bits per heavy atom. The van der Waals surface area contributed by atoms with Crippen LogP contribution in [0.3, 0.4) is 0 Å². The molecule has 0 spiro atoms. The number of aromatic amines is 1. The summed E-state index contributed by atoms with van der Waals surface area (Å²) < 4.78 is 73.5. The predicted octanol–water partition coefficient (Wildman–Crippen LogP) is 5.95. The van der Waals surface area contributed by atoms with Gasteiger partial charge in [-0.2, -0.15) is 31.6 Å². The Balaban J connectivity index is 0.000000668. The first-order valence-electron chi connectivity index (χ1n) is 8.82. The molecule has 0 unspecified atom stereocenters. The van der Waals surface area contributed by atoms with Crippen molar-refractivity contribution in [1.82, 2.24) is 20.6 Å². The van der Waals surface area contributed by atoms with Crippen LogP contribution in [0.25, 0.3) is 22.6 Å². The van der Waals surface area contributed by atoms with E-state index in [-0.39, 0.29) is 5.82 Å².